The molecular weight excluding hydrogens is 187 g/mol. The molecule has 16 heavy (non-hydrogen) atoms. The summed E-state index contributed by atoms with van der Waals surface area (Å²) in [4.78, 5) is 0. The van der Waals surface area contributed by atoms with Crippen LogP contribution in [0.15, 0.2) is 36.4 Å². The van der Waals surface area contributed by atoms with Crippen LogP contribution in [0.3, 0.4) is 0 Å². The molecule has 76 valence electrons. The van der Waals surface area contributed by atoms with E-state index in [1.807, 2.05) is 12.1 Å². The topological polar surface area (TPSA) is 0 Å². The molecule has 0 radical (unpaired) electrons. The van der Waals surface area contributed by atoms with Gasteiger partial charge < -0.3 is 0 Å². The van der Waals surface area contributed by atoms with Gasteiger partial charge in [-0.05, 0) is 20.8 Å². The summed E-state index contributed by atoms with van der Waals surface area (Å²) in [6.07, 6.45) is 0. The second-order valence-electron chi connectivity index (χ2n) is 4.05. The fourth-order valence-corrected chi connectivity index (χ4v) is 2.15. The predicted octanol–water partition coefficient (Wildman–Crippen LogP) is 1.08. The van der Waals surface area contributed by atoms with Gasteiger partial charge in [-0.2, -0.15) is 0 Å². The van der Waals surface area contributed by atoms with Crippen molar-refractivity contribution in [3.05, 3.63) is 59.2 Å². The van der Waals surface area contributed by atoms with Gasteiger partial charge in [0.25, 0.3) is 0 Å². The third kappa shape index (κ3) is 2.58. The van der Waals surface area contributed by atoms with Crippen LogP contribution in [0.4, 0.5) is 0 Å². The van der Waals surface area contributed by atoms with E-state index in [1.54, 1.807) is 0 Å². The van der Waals surface area contributed by atoms with E-state index in [-0.39, 0.29) is 18.9 Å². The van der Waals surface area contributed by atoms with Crippen LogP contribution in [0.25, 0.3) is 11.1 Å². The molecule has 0 bridgehead atoms. The van der Waals surface area contributed by atoms with Gasteiger partial charge in [0.1, 0.15) is 0 Å². The maximum Gasteiger partial charge on any atom is 1.00 e. The van der Waals surface area contributed by atoms with Gasteiger partial charge in [0.2, 0.25) is 0 Å². The molecular formula is C15H15Li. The molecule has 0 saturated heterocycles. The molecule has 0 saturated carbocycles. The summed E-state index contributed by atoms with van der Waals surface area (Å²) in [5.74, 6) is 0. The van der Waals surface area contributed by atoms with Crippen LogP contribution in [-0.4, -0.2) is 0 Å². The summed E-state index contributed by atoms with van der Waals surface area (Å²) >= 11 is 0. The summed E-state index contributed by atoms with van der Waals surface area (Å²) in [5, 5.41) is 0. The van der Waals surface area contributed by atoms with Gasteiger partial charge in [0.05, 0.1) is 0 Å². The molecule has 0 aromatic heterocycles. The van der Waals surface area contributed by atoms with E-state index in [0.717, 1.165) is 0 Å². The summed E-state index contributed by atoms with van der Waals surface area (Å²) < 4.78 is 0. The molecule has 0 N–H and O–H groups in total. The van der Waals surface area contributed by atoms with Crippen molar-refractivity contribution in [1.29, 1.82) is 0 Å². The molecule has 0 unspecified atom stereocenters. The fraction of sp³-hybridized carbons (Fsp3) is 0.200. The number of benzene rings is 2. The zero-order valence-corrected chi connectivity index (χ0v) is 10.5. The Kier molecular flexibility index (Phi) is 4.42. The fourth-order valence-electron chi connectivity index (χ4n) is 2.15. The molecule has 0 atom stereocenters. The Morgan fingerprint density at radius 1 is 0.938 bits per heavy atom. The Bertz CT molecular complexity index is 449. The Morgan fingerprint density at radius 2 is 1.56 bits per heavy atom. The molecule has 0 aliphatic carbocycles. The first-order valence-corrected chi connectivity index (χ1v) is 5.23. The van der Waals surface area contributed by atoms with Gasteiger partial charge in [-0.15, -0.1) is 35.9 Å². The van der Waals surface area contributed by atoms with Gasteiger partial charge in [-0.25, -0.2) is 0 Å². The van der Waals surface area contributed by atoms with Crippen LogP contribution in [-0.2, 0) is 0 Å². The molecule has 0 aliphatic rings. The molecule has 0 aliphatic heterocycles. The molecule has 0 spiro atoms. The van der Waals surface area contributed by atoms with Gasteiger partial charge >= 0.3 is 18.9 Å². The minimum Gasteiger partial charge on any atom is -0.147 e. The van der Waals surface area contributed by atoms with Crippen molar-refractivity contribution in [2.24, 2.45) is 0 Å². The summed E-state index contributed by atoms with van der Waals surface area (Å²) in [5.41, 5.74) is 6.49. The normalized spacial score (nSPS) is 9.69. The predicted molar refractivity (Wildman–Crippen MR) is 64.9 cm³/mol. The molecule has 0 heterocycles. The average molecular weight is 202 g/mol. The van der Waals surface area contributed by atoms with E-state index in [0.29, 0.717) is 0 Å². The van der Waals surface area contributed by atoms with Crippen LogP contribution in [0, 0.1) is 26.8 Å². The van der Waals surface area contributed by atoms with E-state index < -0.39 is 0 Å². The first-order valence-electron chi connectivity index (χ1n) is 5.23. The van der Waals surface area contributed by atoms with Crippen molar-refractivity contribution in [2.75, 3.05) is 0 Å². The Morgan fingerprint density at radius 3 is 2.06 bits per heavy atom. The van der Waals surface area contributed by atoms with Gasteiger partial charge in [0.15, 0.2) is 0 Å². The molecule has 0 amide bonds. The van der Waals surface area contributed by atoms with E-state index >= 15 is 0 Å². The quantitative estimate of drug-likeness (QED) is 0.479. The molecule has 0 nitrogen and oxygen atoms in total. The Balaban J connectivity index is 0.00000128. The van der Waals surface area contributed by atoms with Crippen LogP contribution in [0.1, 0.15) is 16.7 Å². The third-order valence-corrected chi connectivity index (χ3v) is 2.66. The smallest absolute Gasteiger partial charge is 0.147 e. The van der Waals surface area contributed by atoms with Gasteiger partial charge in [-0.1, -0.05) is 34.4 Å². The summed E-state index contributed by atoms with van der Waals surface area (Å²) in [6, 6.07) is 15.9. The summed E-state index contributed by atoms with van der Waals surface area (Å²) in [7, 11) is 0. The maximum atomic E-state index is 3.29. The standard InChI is InChI=1S/C15H15.Li/c1-11-9-12(2)15(13(3)10-11)14-7-5-4-6-8-14;/h4-7,9-10H,1-3H3;/q-1;+1. The molecule has 1 heteroatoms. The number of hydrogen-bond donors (Lipinski definition) is 0. The Labute approximate surface area is 110 Å². The van der Waals surface area contributed by atoms with Crippen LogP contribution in [0.5, 0.6) is 0 Å². The van der Waals surface area contributed by atoms with E-state index in [4.69, 9.17) is 0 Å². The van der Waals surface area contributed by atoms with Crippen LogP contribution >= 0.6 is 0 Å². The van der Waals surface area contributed by atoms with Crippen molar-refractivity contribution in [3.63, 3.8) is 0 Å². The largest absolute Gasteiger partial charge is 1.00 e. The molecule has 2 rings (SSSR count). The second kappa shape index (κ2) is 5.39. The van der Waals surface area contributed by atoms with E-state index in [2.05, 4.69) is 51.1 Å². The van der Waals surface area contributed by atoms with E-state index in [9.17, 15) is 0 Å². The molecule has 0 fully saturated rings. The third-order valence-electron chi connectivity index (χ3n) is 2.66. The molecule has 2 aromatic carbocycles. The van der Waals surface area contributed by atoms with Crippen LogP contribution in [0.2, 0.25) is 0 Å². The number of aryl methyl sites for hydroxylation is 3. The van der Waals surface area contributed by atoms with Crippen molar-refractivity contribution in [2.45, 2.75) is 20.8 Å². The van der Waals surface area contributed by atoms with Crippen molar-refractivity contribution in [1.82, 2.24) is 0 Å². The van der Waals surface area contributed by atoms with Gasteiger partial charge in [0, 0.05) is 0 Å². The second-order valence-corrected chi connectivity index (χ2v) is 4.05. The van der Waals surface area contributed by atoms with Crippen molar-refractivity contribution < 1.29 is 18.9 Å². The minimum absolute atomic E-state index is 0. The SMILES string of the molecule is Cc1cc(C)c(-c2[c-]cccc2)c(C)c1.[Li+]. The van der Waals surface area contributed by atoms with Crippen molar-refractivity contribution in [3.8, 4) is 11.1 Å². The van der Waals surface area contributed by atoms with Gasteiger partial charge in [-0.3, -0.25) is 0 Å². The van der Waals surface area contributed by atoms with Crippen molar-refractivity contribution >= 4 is 0 Å². The van der Waals surface area contributed by atoms with Crippen LogP contribution < -0.4 is 18.9 Å². The first kappa shape index (κ1) is 13.1. The Hall–Kier alpha value is -0.963. The monoisotopic (exact) mass is 202 g/mol. The zero-order chi connectivity index (χ0) is 10.8. The van der Waals surface area contributed by atoms with E-state index in [1.165, 1.54) is 27.8 Å². The summed E-state index contributed by atoms with van der Waals surface area (Å²) in [6.45, 7) is 6.46. The number of hydrogen-bond acceptors (Lipinski definition) is 0. The number of rotatable bonds is 1. The minimum atomic E-state index is 0. The maximum absolute atomic E-state index is 3.29. The first-order chi connectivity index (χ1) is 7.18. The zero-order valence-electron chi connectivity index (χ0n) is 10.5. The molecule has 2 aromatic rings. The average Bonchev–Trinajstić information content (AvgIpc) is 2.17.